The topological polar surface area (TPSA) is 67.2 Å². The molecule has 0 radical (unpaired) electrons. The Kier molecular flexibility index (Phi) is 3.19. The smallest absolute Gasteiger partial charge is 0.410 e. The van der Waals surface area contributed by atoms with Crippen molar-refractivity contribution in [2.24, 2.45) is 0 Å². The number of aryl methyl sites for hydroxylation is 1. The summed E-state index contributed by atoms with van der Waals surface area (Å²) in [7, 11) is 0. The van der Waals surface area contributed by atoms with Gasteiger partial charge in [-0.25, -0.2) is 9.78 Å². The monoisotopic (exact) mass is 334 g/mol. The van der Waals surface area contributed by atoms with Crippen molar-refractivity contribution in [3.8, 4) is 0 Å². The molecule has 120 valence electrons. The summed E-state index contributed by atoms with van der Waals surface area (Å²) in [6.45, 7) is 3.59. The molecule has 8 heteroatoms. The Bertz CT molecular complexity index is 818. The van der Waals surface area contributed by atoms with E-state index in [1.807, 2.05) is 6.92 Å². The predicted octanol–water partition coefficient (Wildman–Crippen LogP) is 1.57. The maximum Gasteiger partial charge on any atom is 0.410 e. The lowest BCUT2D eigenvalue weighted by atomic mass is 10.2. The molecule has 2 saturated heterocycles. The molecule has 1 atom stereocenters. The molecule has 1 unspecified atom stereocenters. The summed E-state index contributed by atoms with van der Waals surface area (Å²) in [5.74, 6) is -0.101. The Hall–Kier alpha value is -2.28. The summed E-state index contributed by atoms with van der Waals surface area (Å²) >= 11 is 6.05. The number of hydrogen-bond acceptors (Lipinski definition) is 4. The fourth-order valence-electron chi connectivity index (χ4n) is 3.22. The molecule has 0 bridgehead atoms. The van der Waals surface area contributed by atoms with Gasteiger partial charge >= 0.3 is 6.09 Å². The first kappa shape index (κ1) is 14.3. The number of ether oxygens (including phenoxy) is 1. The van der Waals surface area contributed by atoms with E-state index in [-0.39, 0.29) is 18.0 Å². The zero-order valence-corrected chi connectivity index (χ0v) is 13.3. The van der Waals surface area contributed by atoms with E-state index in [9.17, 15) is 9.59 Å². The molecule has 4 heterocycles. The number of imidazole rings is 1. The highest BCUT2D eigenvalue weighted by molar-refractivity contribution is 6.30. The standard InChI is InChI=1S/C15H15ClN4O3/c1-9-13(20-6-10(16)2-3-12(20)17-9)14(21)18-4-5-19-11(7-18)8-23-15(19)22/h2-3,6,11H,4-5,7-8H2,1H3. The van der Waals surface area contributed by atoms with Crippen LogP contribution < -0.4 is 0 Å². The Morgan fingerprint density at radius 1 is 1.39 bits per heavy atom. The van der Waals surface area contributed by atoms with E-state index in [1.54, 1.807) is 32.5 Å². The van der Waals surface area contributed by atoms with Crippen LogP contribution in [0.15, 0.2) is 18.3 Å². The number of halogens is 1. The second-order valence-corrected chi connectivity index (χ2v) is 6.23. The number of cyclic esters (lactones) is 1. The van der Waals surface area contributed by atoms with Crippen LogP contribution in [0, 0.1) is 6.92 Å². The van der Waals surface area contributed by atoms with Crippen molar-refractivity contribution in [2.45, 2.75) is 13.0 Å². The average molecular weight is 335 g/mol. The van der Waals surface area contributed by atoms with E-state index < -0.39 is 0 Å². The summed E-state index contributed by atoms with van der Waals surface area (Å²) < 4.78 is 6.77. The molecule has 2 aliphatic heterocycles. The first-order valence-electron chi connectivity index (χ1n) is 7.41. The third-order valence-corrected chi connectivity index (χ3v) is 4.59. The minimum atomic E-state index is -0.292. The molecule has 0 spiro atoms. The normalized spacial score (nSPS) is 20.8. The Labute approximate surface area is 137 Å². The quantitative estimate of drug-likeness (QED) is 0.794. The van der Waals surface area contributed by atoms with Gasteiger partial charge in [-0.1, -0.05) is 11.6 Å². The van der Waals surface area contributed by atoms with Crippen LogP contribution in [0.3, 0.4) is 0 Å². The van der Waals surface area contributed by atoms with Crippen LogP contribution >= 0.6 is 11.6 Å². The van der Waals surface area contributed by atoms with Crippen molar-refractivity contribution in [1.82, 2.24) is 19.2 Å². The molecular formula is C15H15ClN4O3. The number of aromatic nitrogens is 2. The lowest BCUT2D eigenvalue weighted by Crippen LogP contribution is -2.54. The Morgan fingerprint density at radius 2 is 2.22 bits per heavy atom. The largest absolute Gasteiger partial charge is 0.447 e. The van der Waals surface area contributed by atoms with Gasteiger partial charge in [-0.15, -0.1) is 0 Å². The zero-order chi connectivity index (χ0) is 16.1. The second-order valence-electron chi connectivity index (χ2n) is 5.80. The first-order chi connectivity index (χ1) is 11.0. The van der Waals surface area contributed by atoms with Crippen LogP contribution in [-0.4, -0.2) is 63.5 Å². The van der Waals surface area contributed by atoms with Gasteiger partial charge < -0.3 is 9.64 Å². The Balaban J connectivity index is 1.66. The lowest BCUT2D eigenvalue weighted by Gasteiger charge is -2.35. The van der Waals surface area contributed by atoms with Gasteiger partial charge in [0.05, 0.1) is 16.8 Å². The molecule has 2 fully saturated rings. The van der Waals surface area contributed by atoms with E-state index in [4.69, 9.17) is 16.3 Å². The summed E-state index contributed by atoms with van der Waals surface area (Å²) in [5.41, 5.74) is 1.87. The number of fused-ring (bicyclic) bond motifs is 2. The van der Waals surface area contributed by atoms with E-state index in [1.165, 1.54) is 0 Å². The number of rotatable bonds is 1. The molecule has 7 nitrogen and oxygen atoms in total. The highest BCUT2D eigenvalue weighted by atomic mass is 35.5. The van der Waals surface area contributed by atoms with Crippen molar-refractivity contribution in [3.05, 3.63) is 34.7 Å². The van der Waals surface area contributed by atoms with Crippen LogP contribution in [-0.2, 0) is 4.74 Å². The van der Waals surface area contributed by atoms with E-state index in [2.05, 4.69) is 4.98 Å². The predicted molar refractivity (Wildman–Crippen MR) is 82.7 cm³/mol. The van der Waals surface area contributed by atoms with E-state index in [0.29, 0.717) is 48.3 Å². The summed E-state index contributed by atoms with van der Waals surface area (Å²) in [6.07, 6.45) is 1.41. The van der Waals surface area contributed by atoms with Crippen LogP contribution in [0.25, 0.3) is 5.65 Å². The minimum Gasteiger partial charge on any atom is -0.447 e. The van der Waals surface area contributed by atoms with Crippen LogP contribution in [0.1, 0.15) is 16.2 Å². The molecule has 2 aromatic rings. The number of carbonyl (C=O) groups excluding carboxylic acids is 2. The van der Waals surface area contributed by atoms with Gasteiger partial charge in [0.2, 0.25) is 0 Å². The fourth-order valence-corrected chi connectivity index (χ4v) is 3.38. The zero-order valence-electron chi connectivity index (χ0n) is 12.5. The van der Waals surface area contributed by atoms with Crippen molar-refractivity contribution in [2.75, 3.05) is 26.2 Å². The van der Waals surface area contributed by atoms with Gasteiger partial charge in [0.1, 0.15) is 17.9 Å². The first-order valence-corrected chi connectivity index (χ1v) is 7.79. The van der Waals surface area contributed by atoms with E-state index >= 15 is 0 Å². The number of amides is 2. The number of hydrogen-bond donors (Lipinski definition) is 0. The molecular weight excluding hydrogens is 320 g/mol. The molecule has 2 aliphatic rings. The minimum absolute atomic E-state index is 0.0664. The summed E-state index contributed by atoms with van der Waals surface area (Å²) in [5, 5.41) is 0.545. The van der Waals surface area contributed by atoms with Crippen LogP contribution in [0.5, 0.6) is 0 Å². The molecule has 4 rings (SSSR count). The molecule has 0 aromatic carbocycles. The van der Waals surface area contributed by atoms with Gasteiger partial charge in [0.15, 0.2) is 0 Å². The average Bonchev–Trinajstić information content (AvgIpc) is 3.06. The van der Waals surface area contributed by atoms with Gasteiger partial charge in [0, 0.05) is 25.8 Å². The second kappa shape index (κ2) is 5.13. The van der Waals surface area contributed by atoms with Crippen molar-refractivity contribution < 1.29 is 14.3 Å². The number of nitrogens with zero attached hydrogens (tertiary/aromatic N) is 4. The third kappa shape index (κ3) is 2.23. The highest BCUT2D eigenvalue weighted by Crippen LogP contribution is 2.22. The van der Waals surface area contributed by atoms with Gasteiger partial charge in [0.25, 0.3) is 5.91 Å². The molecule has 23 heavy (non-hydrogen) atoms. The molecule has 0 aliphatic carbocycles. The summed E-state index contributed by atoms with van der Waals surface area (Å²) in [4.78, 5) is 32.4. The molecule has 2 aromatic heterocycles. The van der Waals surface area contributed by atoms with Crippen molar-refractivity contribution in [1.29, 1.82) is 0 Å². The number of pyridine rings is 1. The maximum atomic E-state index is 13.0. The number of piperazine rings is 1. The van der Waals surface area contributed by atoms with Crippen LogP contribution in [0.2, 0.25) is 5.02 Å². The molecule has 0 N–H and O–H groups in total. The lowest BCUT2D eigenvalue weighted by molar-refractivity contribution is 0.0609. The van der Waals surface area contributed by atoms with Gasteiger partial charge in [-0.05, 0) is 19.1 Å². The molecule has 2 amide bonds. The maximum absolute atomic E-state index is 13.0. The Morgan fingerprint density at radius 3 is 3.04 bits per heavy atom. The van der Waals surface area contributed by atoms with Crippen molar-refractivity contribution >= 4 is 29.2 Å². The van der Waals surface area contributed by atoms with Gasteiger partial charge in [-0.2, -0.15) is 0 Å². The van der Waals surface area contributed by atoms with Crippen molar-refractivity contribution in [3.63, 3.8) is 0 Å². The van der Waals surface area contributed by atoms with Gasteiger partial charge in [-0.3, -0.25) is 14.1 Å². The summed E-state index contributed by atoms with van der Waals surface area (Å²) in [6, 6.07) is 3.47. The van der Waals surface area contributed by atoms with E-state index in [0.717, 1.165) is 0 Å². The fraction of sp³-hybridized carbons (Fsp3) is 0.400. The van der Waals surface area contributed by atoms with Crippen LogP contribution in [0.4, 0.5) is 4.79 Å². The number of carbonyl (C=O) groups is 2. The highest BCUT2D eigenvalue weighted by Gasteiger charge is 2.39. The SMILES string of the molecule is Cc1nc2ccc(Cl)cn2c1C(=O)N1CCN2C(=O)OCC2C1. The molecule has 0 saturated carbocycles. The third-order valence-electron chi connectivity index (χ3n) is 4.36.